The van der Waals surface area contributed by atoms with E-state index in [2.05, 4.69) is 33.7 Å². The zero-order chi connectivity index (χ0) is 20.4. The summed E-state index contributed by atoms with van der Waals surface area (Å²) < 4.78 is 14.6. The van der Waals surface area contributed by atoms with Gasteiger partial charge >= 0.3 is 0 Å². The van der Waals surface area contributed by atoms with E-state index < -0.39 is 0 Å². The van der Waals surface area contributed by atoms with Crippen molar-refractivity contribution in [2.75, 3.05) is 25.4 Å². The molecule has 2 rings (SSSR count). The molecular formula is C20H28FN7. The molecule has 0 unspecified atom stereocenters. The molecule has 0 aliphatic carbocycles. The molecule has 0 bridgehead atoms. The predicted octanol–water partition coefficient (Wildman–Crippen LogP) is 2.75. The average molecular weight is 385 g/mol. The van der Waals surface area contributed by atoms with Crippen LogP contribution in [0.3, 0.4) is 0 Å². The third-order valence-corrected chi connectivity index (χ3v) is 4.19. The van der Waals surface area contributed by atoms with Gasteiger partial charge in [-0.25, -0.2) is 9.07 Å². The van der Waals surface area contributed by atoms with Gasteiger partial charge in [0.05, 0.1) is 11.4 Å². The van der Waals surface area contributed by atoms with Gasteiger partial charge in [-0.1, -0.05) is 13.3 Å². The highest BCUT2D eigenvalue weighted by Crippen LogP contribution is 2.21. The van der Waals surface area contributed by atoms with Crippen molar-refractivity contribution in [1.29, 1.82) is 5.26 Å². The average Bonchev–Trinajstić information content (AvgIpc) is 3.01. The van der Waals surface area contributed by atoms with Crippen molar-refractivity contribution in [2.24, 2.45) is 4.99 Å². The molecule has 2 aromatic rings. The third-order valence-electron chi connectivity index (χ3n) is 4.19. The third kappa shape index (κ3) is 5.71. The van der Waals surface area contributed by atoms with Crippen LogP contribution in [0.1, 0.15) is 44.4 Å². The van der Waals surface area contributed by atoms with Crippen LogP contribution in [0.2, 0.25) is 0 Å². The number of rotatable bonds is 9. The SMILES string of the molecule is CCCCNC(=NCCCc1nn(-c2ccc(F)cc2)c(N)c1C#N)NCC. The smallest absolute Gasteiger partial charge is 0.191 e. The van der Waals surface area contributed by atoms with Crippen LogP contribution in [0, 0.1) is 17.1 Å². The molecule has 0 radical (unpaired) electrons. The molecule has 7 nitrogen and oxygen atoms in total. The first-order valence-electron chi connectivity index (χ1n) is 9.66. The summed E-state index contributed by atoms with van der Waals surface area (Å²) in [7, 11) is 0. The molecule has 0 atom stereocenters. The lowest BCUT2D eigenvalue weighted by Gasteiger charge is -2.10. The number of hydrogen-bond donors (Lipinski definition) is 3. The summed E-state index contributed by atoms with van der Waals surface area (Å²) >= 11 is 0. The minimum atomic E-state index is -0.336. The van der Waals surface area contributed by atoms with Crippen LogP contribution in [0.4, 0.5) is 10.2 Å². The largest absolute Gasteiger partial charge is 0.382 e. The summed E-state index contributed by atoms with van der Waals surface area (Å²) in [6.45, 7) is 6.47. The Morgan fingerprint density at radius 3 is 2.64 bits per heavy atom. The maximum atomic E-state index is 13.1. The number of aryl methyl sites for hydroxylation is 1. The Hall–Kier alpha value is -3.08. The summed E-state index contributed by atoms with van der Waals surface area (Å²) in [5, 5.41) is 20.4. The number of nitrogen functional groups attached to an aromatic ring is 1. The fourth-order valence-electron chi connectivity index (χ4n) is 2.72. The number of aromatic nitrogens is 2. The van der Waals surface area contributed by atoms with Crippen LogP contribution in [0.25, 0.3) is 5.69 Å². The number of halogens is 1. The van der Waals surface area contributed by atoms with E-state index in [0.29, 0.717) is 29.9 Å². The zero-order valence-corrected chi connectivity index (χ0v) is 16.5. The van der Waals surface area contributed by atoms with Crippen molar-refractivity contribution in [2.45, 2.75) is 39.5 Å². The summed E-state index contributed by atoms with van der Waals surface area (Å²) in [5.41, 5.74) is 7.69. The van der Waals surface area contributed by atoms with Crippen molar-refractivity contribution in [3.05, 3.63) is 41.3 Å². The lowest BCUT2D eigenvalue weighted by molar-refractivity contribution is 0.627. The molecule has 0 amide bonds. The van der Waals surface area contributed by atoms with Crippen LogP contribution in [-0.2, 0) is 6.42 Å². The molecule has 4 N–H and O–H groups in total. The number of anilines is 1. The molecule has 0 saturated heterocycles. The van der Waals surface area contributed by atoms with Crippen molar-refractivity contribution in [3.8, 4) is 11.8 Å². The number of nitriles is 1. The molecule has 1 heterocycles. The zero-order valence-electron chi connectivity index (χ0n) is 16.5. The van der Waals surface area contributed by atoms with E-state index in [1.54, 1.807) is 12.1 Å². The highest BCUT2D eigenvalue weighted by atomic mass is 19.1. The number of aliphatic imine (C=N–C) groups is 1. The molecule has 0 fully saturated rings. The van der Waals surface area contributed by atoms with E-state index in [1.165, 1.54) is 16.8 Å². The first kappa shape index (κ1) is 21.2. The van der Waals surface area contributed by atoms with E-state index in [4.69, 9.17) is 5.73 Å². The molecule has 150 valence electrons. The predicted molar refractivity (Wildman–Crippen MR) is 110 cm³/mol. The Labute approximate surface area is 165 Å². The van der Waals surface area contributed by atoms with Crippen LogP contribution in [-0.4, -0.2) is 35.4 Å². The van der Waals surface area contributed by atoms with E-state index in [1.807, 2.05) is 6.92 Å². The Morgan fingerprint density at radius 1 is 1.25 bits per heavy atom. The van der Waals surface area contributed by atoms with Gasteiger partial charge in [0, 0.05) is 19.6 Å². The van der Waals surface area contributed by atoms with Gasteiger partial charge in [0.25, 0.3) is 0 Å². The fraction of sp³-hybridized carbons (Fsp3) is 0.450. The maximum absolute atomic E-state index is 13.1. The lowest BCUT2D eigenvalue weighted by atomic mass is 10.1. The molecule has 0 aliphatic heterocycles. The van der Waals surface area contributed by atoms with Gasteiger partial charge in [-0.2, -0.15) is 10.4 Å². The van der Waals surface area contributed by atoms with E-state index in [9.17, 15) is 9.65 Å². The minimum absolute atomic E-state index is 0.266. The molecule has 0 saturated carbocycles. The lowest BCUT2D eigenvalue weighted by Crippen LogP contribution is -2.37. The number of guanidine groups is 1. The van der Waals surface area contributed by atoms with E-state index in [-0.39, 0.29) is 11.6 Å². The first-order chi connectivity index (χ1) is 13.6. The van der Waals surface area contributed by atoms with Gasteiger partial charge in [0.15, 0.2) is 5.96 Å². The van der Waals surface area contributed by atoms with E-state index in [0.717, 1.165) is 38.3 Å². The van der Waals surface area contributed by atoms with Gasteiger partial charge in [0.2, 0.25) is 0 Å². The second-order valence-corrected chi connectivity index (χ2v) is 6.35. The standard InChI is InChI=1S/C20H28FN7/c1-3-5-12-25-20(24-4-2)26-13-6-7-18-17(14-22)19(23)28(27-18)16-10-8-15(21)9-11-16/h8-11H,3-7,12-13,23H2,1-2H3,(H2,24,25,26). The van der Waals surface area contributed by atoms with Crippen LogP contribution < -0.4 is 16.4 Å². The molecule has 1 aromatic heterocycles. The van der Waals surface area contributed by atoms with E-state index >= 15 is 0 Å². The monoisotopic (exact) mass is 385 g/mol. The Bertz CT molecular complexity index is 818. The van der Waals surface area contributed by atoms with Crippen LogP contribution >= 0.6 is 0 Å². The summed E-state index contributed by atoms with van der Waals surface area (Å²) in [5.74, 6) is 0.729. The summed E-state index contributed by atoms with van der Waals surface area (Å²) in [4.78, 5) is 4.56. The maximum Gasteiger partial charge on any atom is 0.191 e. The second kappa shape index (κ2) is 10.9. The molecule has 28 heavy (non-hydrogen) atoms. The molecule has 0 spiro atoms. The van der Waals surface area contributed by atoms with Crippen molar-refractivity contribution < 1.29 is 4.39 Å². The Balaban J connectivity index is 2.03. The van der Waals surface area contributed by atoms with Gasteiger partial charge in [-0.05, 0) is 50.5 Å². The normalized spacial score (nSPS) is 11.3. The van der Waals surface area contributed by atoms with Crippen molar-refractivity contribution >= 4 is 11.8 Å². The number of nitrogens with one attached hydrogen (secondary N) is 2. The highest BCUT2D eigenvalue weighted by molar-refractivity contribution is 5.79. The number of unbranched alkanes of at least 4 members (excludes halogenated alkanes) is 1. The molecule has 0 aliphatic rings. The highest BCUT2D eigenvalue weighted by Gasteiger charge is 2.16. The number of nitrogens with two attached hydrogens (primary N) is 1. The van der Waals surface area contributed by atoms with Gasteiger partial charge in [-0.3, -0.25) is 4.99 Å². The topological polar surface area (TPSA) is 104 Å². The van der Waals surface area contributed by atoms with Crippen molar-refractivity contribution in [1.82, 2.24) is 20.4 Å². The van der Waals surface area contributed by atoms with Gasteiger partial charge in [0.1, 0.15) is 23.3 Å². The number of hydrogen-bond acceptors (Lipinski definition) is 4. The van der Waals surface area contributed by atoms with Gasteiger partial charge in [-0.15, -0.1) is 0 Å². The Kier molecular flexibility index (Phi) is 8.28. The fourth-order valence-corrected chi connectivity index (χ4v) is 2.72. The summed E-state index contributed by atoms with van der Waals surface area (Å²) in [6, 6.07) is 7.97. The second-order valence-electron chi connectivity index (χ2n) is 6.35. The van der Waals surface area contributed by atoms with Crippen molar-refractivity contribution in [3.63, 3.8) is 0 Å². The van der Waals surface area contributed by atoms with Crippen LogP contribution in [0.15, 0.2) is 29.3 Å². The summed E-state index contributed by atoms with van der Waals surface area (Å²) in [6.07, 6.45) is 3.54. The Morgan fingerprint density at radius 2 is 2.00 bits per heavy atom. The molecular weight excluding hydrogens is 357 g/mol. The van der Waals surface area contributed by atoms with Gasteiger partial charge < -0.3 is 16.4 Å². The number of benzene rings is 1. The molecule has 8 heteroatoms. The number of nitrogens with zero attached hydrogens (tertiary/aromatic N) is 4. The molecule has 1 aromatic carbocycles. The van der Waals surface area contributed by atoms with Crippen LogP contribution in [0.5, 0.6) is 0 Å². The quantitative estimate of drug-likeness (QED) is 0.350. The minimum Gasteiger partial charge on any atom is -0.382 e. The first-order valence-corrected chi connectivity index (χ1v) is 9.66.